The predicted molar refractivity (Wildman–Crippen MR) is 100.0 cm³/mol. The van der Waals surface area contributed by atoms with Crippen LogP contribution in [0.2, 0.25) is 0 Å². The Bertz CT molecular complexity index is 855. The Hall–Kier alpha value is -2.78. The van der Waals surface area contributed by atoms with Gasteiger partial charge in [-0.15, -0.1) is 11.3 Å². The van der Waals surface area contributed by atoms with Crippen LogP contribution in [0.1, 0.15) is 30.1 Å². The summed E-state index contributed by atoms with van der Waals surface area (Å²) in [5, 5.41) is 15.7. The summed E-state index contributed by atoms with van der Waals surface area (Å²) in [5.74, 6) is -0.857. The van der Waals surface area contributed by atoms with Crippen molar-refractivity contribution in [2.45, 2.75) is 25.9 Å². The van der Waals surface area contributed by atoms with E-state index < -0.39 is 17.0 Å². The van der Waals surface area contributed by atoms with Gasteiger partial charge < -0.3 is 14.8 Å². The standard InChI is InChI=1S/C18H18N2O6S/c1-2-25-18(22)15-13(11-5-7-12(8-6-11)20(23)24)10-27-17(15)19-16(21)14-4-3-9-26-14/h5-8,10,14H,2-4,9H2,1H3,(H,19,21). The van der Waals surface area contributed by atoms with Crippen LogP contribution in [0.4, 0.5) is 10.7 Å². The lowest BCUT2D eigenvalue weighted by atomic mass is 10.0. The first-order valence-electron chi connectivity index (χ1n) is 8.47. The number of carbonyl (C=O) groups is 2. The zero-order chi connectivity index (χ0) is 19.4. The Morgan fingerprint density at radius 1 is 1.37 bits per heavy atom. The van der Waals surface area contributed by atoms with Crippen LogP contribution in [-0.2, 0) is 14.3 Å². The van der Waals surface area contributed by atoms with Gasteiger partial charge in [-0.25, -0.2) is 4.79 Å². The summed E-state index contributed by atoms with van der Waals surface area (Å²) in [7, 11) is 0. The van der Waals surface area contributed by atoms with E-state index in [1.807, 2.05) is 0 Å². The molecule has 1 atom stereocenters. The molecule has 0 bridgehead atoms. The van der Waals surface area contributed by atoms with Gasteiger partial charge in [-0.05, 0) is 37.5 Å². The van der Waals surface area contributed by atoms with Crippen LogP contribution in [0.15, 0.2) is 29.6 Å². The van der Waals surface area contributed by atoms with Crippen molar-refractivity contribution in [1.29, 1.82) is 0 Å². The number of nitrogens with zero attached hydrogens (tertiary/aromatic N) is 1. The molecular formula is C18H18N2O6S. The molecule has 2 aromatic rings. The fraction of sp³-hybridized carbons (Fsp3) is 0.333. The van der Waals surface area contributed by atoms with E-state index in [2.05, 4.69) is 5.32 Å². The van der Waals surface area contributed by atoms with Crippen LogP contribution in [-0.4, -0.2) is 36.1 Å². The third kappa shape index (κ3) is 4.15. The molecule has 1 fully saturated rings. The van der Waals surface area contributed by atoms with Crippen LogP contribution in [0.25, 0.3) is 11.1 Å². The van der Waals surface area contributed by atoms with Crippen LogP contribution in [0.5, 0.6) is 0 Å². The molecule has 142 valence electrons. The number of nitrogens with one attached hydrogen (secondary N) is 1. The van der Waals surface area contributed by atoms with Crippen LogP contribution in [0.3, 0.4) is 0 Å². The van der Waals surface area contributed by atoms with E-state index in [0.717, 1.165) is 6.42 Å². The van der Waals surface area contributed by atoms with E-state index >= 15 is 0 Å². The highest BCUT2D eigenvalue weighted by Crippen LogP contribution is 2.37. The number of carbonyl (C=O) groups excluding carboxylic acids is 2. The summed E-state index contributed by atoms with van der Waals surface area (Å²) in [6.45, 7) is 2.43. The number of esters is 1. The van der Waals surface area contributed by atoms with Gasteiger partial charge >= 0.3 is 5.97 Å². The Morgan fingerprint density at radius 2 is 2.11 bits per heavy atom. The quantitative estimate of drug-likeness (QED) is 0.458. The van der Waals surface area contributed by atoms with Crippen molar-refractivity contribution in [2.24, 2.45) is 0 Å². The number of hydrogen-bond acceptors (Lipinski definition) is 7. The molecule has 1 unspecified atom stereocenters. The van der Waals surface area contributed by atoms with Crippen molar-refractivity contribution in [3.05, 3.63) is 45.3 Å². The molecule has 2 heterocycles. The van der Waals surface area contributed by atoms with Gasteiger partial charge in [-0.2, -0.15) is 0 Å². The number of thiophene rings is 1. The summed E-state index contributed by atoms with van der Waals surface area (Å²) >= 11 is 1.20. The van der Waals surface area contributed by atoms with Crippen molar-refractivity contribution in [3.63, 3.8) is 0 Å². The van der Waals surface area contributed by atoms with Crippen molar-refractivity contribution in [2.75, 3.05) is 18.5 Å². The number of nitro benzene ring substituents is 1. The number of rotatable bonds is 6. The summed E-state index contributed by atoms with van der Waals surface area (Å²) < 4.78 is 10.5. The Labute approximate surface area is 159 Å². The molecule has 0 aliphatic carbocycles. The smallest absolute Gasteiger partial charge is 0.341 e. The monoisotopic (exact) mass is 390 g/mol. The maximum Gasteiger partial charge on any atom is 0.341 e. The van der Waals surface area contributed by atoms with Crippen molar-refractivity contribution in [3.8, 4) is 11.1 Å². The minimum Gasteiger partial charge on any atom is -0.462 e. The largest absolute Gasteiger partial charge is 0.462 e. The van der Waals surface area contributed by atoms with Crippen molar-refractivity contribution < 1.29 is 24.0 Å². The zero-order valence-electron chi connectivity index (χ0n) is 14.6. The zero-order valence-corrected chi connectivity index (χ0v) is 15.4. The van der Waals surface area contributed by atoms with Crippen LogP contribution >= 0.6 is 11.3 Å². The first-order chi connectivity index (χ1) is 13.0. The van der Waals surface area contributed by atoms with Gasteiger partial charge in [-0.3, -0.25) is 14.9 Å². The molecule has 0 spiro atoms. The molecule has 1 aliphatic rings. The van der Waals surface area contributed by atoms with Crippen molar-refractivity contribution in [1.82, 2.24) is 0 Å². The third-order valence-electron chi connectivity index (χ3n) is 4.12. The average molecular weight is 390 g/mol. The average Bonchev–Trinajstić information content (AvgIpc) is 3.32. The molecular weight excluding hydrogens is 372 g/mol. The van der Waals surface area contributed by atoms with Gasteiger partial charge in [0.1, 0.15) is 16.7 Å². The van der Waals surface area contributed by atoms with E-state index in [1.165, 1.54) is 23.5 Å². The number of nitro groups is 1. The minimum absolute atomic E-state index is 0.0430. The molecule has 0 saturated carbocycles. The van der Waals surface area contributed by atoms with E-state index in [-0.39, 0.29) is 23.8 Å². The minimum atomic E-state index is -0.560. The second-order valence-electron chi connectivity index (χ2n) is 5.87. The van der Waals surface area contributed by atoms with Crippen LogP contribution < -0.4 is 5.32 Å². The molecule has 1 N–H and O–H groups in total. The summed E-state index contributed by atoms with van der Waals surface area (Å²) in [5.41, 5.74) is 1.37. The molecule has 27 heavy (non-hydrogen) atoms. The first-order valence-corrected chi connectivity index (χ1v) is 9.35. The SMILES string of the molecule is CCOC(=O)c1c(-c2ccc([N+](=O)[O-])cc2)csc1NC(=O)C1CCCO1. The topological polar surface area (TPSA) is 108 Å². The van der Waals surface area contributed by atoms with E-state index in [1.54, 1.807) is 24.4 Å². The number of non-ortho nitro benzene ring substituents is 1. The fourth-order valence-electron chi connectivity index (χ4n) is 2.81. The highest BCUT2D eigenvalue weighted by atomic mass is 32.1. The van der Waals surface area contributed by atoms with Gasteiger partial charge in [0, 0.05) is 29.7 Å². The summed E-state index contributed by atoms with van der Waals surface area (Å²) in [4.78, 5) is 35.2. The fourth-order valence-corrected chi connectivity index (χ4v) is 3.77. The van der Waals surface area contributed by atoms with Gasteiger partial charge in [0.05, 0.1) is 11.5 Å². The summed E-state index contributed by atoms with van der Waals surface area (Å²) in [6.07, 6.45) is 0.938. The molecule has 0 radical (unpaired) electrons. The predicted octanol–water partition coefficient (Wildman–Crippen LogP) is 3.62. The molecule has 1 aromatic carbocycles. The third-order valence-corrected chi connectivity index (χ3v) is 5.01. The molecule has 1 saturated heterocycles. The number of ether oxygens (including phenoxy) is 2. The maximum absolute atomic E-state index is 12.5. The normalized spacial score (nSPS) is 16.1. The second kappa shape index (κ2) is 8.28. The number of hydrogen-bond donors (Lipinski definition) is 1. The molecule has 1 aliphatic heterocycles. The van der Waals surface area contributed by atoms with Gasteiger partial charge in [0.15, 0.2) is 0 Å². The van der Waals surface area contributed by atoms with Gasteiger partial charge in [0.25, 0.3) is 11.6 Å². The highest BCUT2D eigenvalue weighted by molar-refractivity contribution is 7.15. The van der Waals surface area contributed by atoms with Gasteiger partial charge in [0.2, 0.25) is 0 Å². The second-order valence-corrected chi connectivity index (χ2v) is 6.75. The van der Waals surface area contributed by atoms with Crippen LogP contribution in [0, 0.1) is 10.1 Å². The Kier molecular flexibility index (Phi) is 5.82. The molecule has 8 nitrogen and oxygen atoms in total. The Morgan fingerprint density at radius 3 is 2.70 bits per heavy atom. The highest BCUT2D eigenvalue weighted by Gasteiger charge is 2.28. The Balaban J connectivity index is 1.93. The molecule has 3 rings (SSSR count). The van der Waals surface area contributed by atoms with E-state index in [0.29, 0.717) is 29.2 Å². The number of anilines is 1. The lowest BCUT2D eigenvalue weighted by Gasteiger charge is -2.11. The van der Waals surface area contributed by atoms with E-state index in [9.17, 15) is 19.7 Å². The number of benzene rings is 1. The lowest BCUT2D eigenvalue weighted by molar-refractivity contribution is -0.384. The first kappa shape index (κ1) is 19.0. The lowest BCUT2D eigenvalue weighted by Crippen LogP contribution is -2.27. The summed E-state index contributed by atoms with van der Waals surface area (Å²) in [6, 6.07) is 5.86. The molecule has 1 aromatic heterocycles. The molecule has 9 heteroatoms. The number of amides is 1. The maximum atomic E-state index is 12.5. The van der Waals surface area contributed by atoms with E-state index in [4.69, 9.17) is 9.47 Å². The molecule has 1 amide bonds. The van der Waals surface area contributed by atoms with Gasteiger partial charge in [-0.1, -0.05) is 0 Å². The van der Waals surface area contributed by atoms with Crippen molar-refractivity contribution >= 4 is 33.9 Å².